The summed E-state index contributed by atoms with van der Waals surface area (Å²) in [5, 5.41) is 5.25. The summed E-state index contributed by atoms with van der Waals surface area (Å²) in [6.45, 7) is 2.00. The Labute approximate surface area is 159 Å². The first-order valence-corrected chi connectivity index (χ1v) is 8.38. The third-order valence-corrected chi connectivity index (χ3v) is 3.60. The summed E-state index contributed by atoms with van der Waals surface area (Å²) in [6.07, 6.45) is -2.75. The summed E-state index contributed by atoms with van der Waals surface area (Å²) in [7, 11) is 0. The number of hydrogen-bond acceptors (Lipinski definition) is 5. The Bertz CT molecular complexity index is 856. The first kappa shape index (κ1) is 21.1. The fraction of sp³-hybridized carbons (Fsp3) is 0.333. The van der Waals surface area contributed by atoms with Crippen LogP contribution in [-0.2, 0) is 11.3 Å². The van der Waals surface area contributed by atoms with Crippen LogP contribution in [-0.4, -0.2) is 34.6 Å². The van der Waals surface area contributed by atoms with Crippen LogP contribution in [0.4, 0.5) is 19.0 Å². The van der Waals surface area contributed by atoms with E-state index in [1.807, 2.05) is 0 Å². The molecule has 0 unspecified atom stereocenters. The van der Waals surface area contributed by atoms with Crippen molar-refractivity contribution in [1.29, 1.82) is 0 Å². The largest absolute Gasteiger partial charge is 0.468 e. The molecule has 0 saturated heterocycles. The number of carbonyl (C=O) groups is 2. The highest BCUT2D eigenvalue weighted by Gasteiger charge is 2.28. The van der Waals surface area contributed by atoms with E-state index in [0.717, 1.165) is 0 Å². The van der Waals surface area contributed by atoms with E-state index >= 15 is 0 Å². The van der Waals surface area contributed by atoms with Crippen LogP contribution in [0, 0.1) is 6.92 Å². The highest BCUT2D eigenvalue weighted by molar-refractivity contribution is 5.96. The first-order chi connectivity index (χ1) is 13.2. The maximum Gasteiger partial charge on any atom is 0.422 e. The molecular weight excluding hydrogens is 377 g/mol. The Kier molecular flexibility index (Phi) is 6.91. The molecule has 28 heavy (non-hydrogen) atoms. The Morgan fingerprint density at radius 3 is 2.61 bits per heavy atom. The predicted octanol–water partition coefficient (Wildman–Crippen LogP) is 3.00. The number of rotatable bonds is 7. The molecule has 0 aliphatic heterocycles. The maximum atomic E-state index is 12.3. The average molecular weight is 396 g/mol. The van der Waals surface area contributed by atoms with E-state index in [9.17, 15) is 22.8 Å². The normalized spacial score (nSPS) is 11.0. The van der Waals surface area contributed by atoms with Gasteiger partial charge in [-0.15, -0.1) is 0 Å². The highest BCUT2D eigenvalue weighted by Crippen LogP contribution is 2.18. The quantitative estimate of drug-likeness (QED) is 0.751. The van der Waals surface area contributed by atoms with E-state index in [1.54, 1.807) is 13.8 Å². The lowest BCUT2D eigenvalue weighted by Gasteiger charge is -2.11. The zero-order valence-electron chi connectivity index (χ0n) is 15.3. The number of pyridine rings is 2. The molecule has 2 rings (SSSR count). The van der Waals surface area contributed by atoms with E-state index in [1.165, 1.54) is 30.5 Å². The molecule has 0 bridgehead atoms. The van der Waals surface area contributed by atoms with Crippen LogP contribution < -0.4 is 15.4 Å². The van der Waals surface area contributed by atoms with Gasteiger partial charge in [-0.1, -0.05) is 13.0 Å². The van der Waals surface area contributed by atoms with Gasteiger partial charge in [0.2, 0.25) is 11.8 Å². The predicted molar refractivity (Wildman–Crippen MR) is 94.9 cm³/mol. The molecule has 0 saturated carbocycles. The minimum absolute atomic E-state index is 0.121. The summed E-state index contributed by atoms with van der Waals surface area (Å²) in [5.74, 6) is -0.496. The monoisotopic (exact) mass is 396 g/mol. The number of nitrogens with zero attached hydrogens (tertiary/aromatic N) is 2. The topological polar surface area (TPSA) is 93.2 Å². The molecule has 10 heteroatoms. The molecule has 0 radical (unpaired) electrons. The fourth-order valence-corrected chi connectivity index (χ4v) is 2.14. The van der Waals surface area contributed by atoms with Crippen molar-refractivity contribution in [2.45, 2.75) is 33.0 Å². The van der Waals surface area contributed by atoms with Crippen molar-refractivity contribution in [1.82, 2.24) is 15.3 Å². The number of alkyl halides is 3. The van der Waals surface area contributed by atoms with Crippen LogP contribution in [0.15, 0.2) is 30.5 Å². The van der Waals surface area contributed by atoms with Gasteiger partial charge in [0.05, 0.1) is 0 Å². The van der Waals surface area contributed by atoms with Gasteiger partial charge in [-0.25, -0.2) is 9.97 Å². The van der Waals surface area contributed by atoms with E-state index in [4.69, 9.17) is 0 Å². The molecule has 0 aromatic carbocycles. The standard InChI is InChI=1S/C18H19F3N4O3/c1-3-15(26)25-14-8-12(6-7-22-14)17(27)23-9-13-4-5-16(24-11(13)2)28-10-18(19,20)21/h4-8H,3,9-10H2,1-2H3,(H,23,27)(H,22,25,26). The second kappa shape index (κ2) is 9.16. The number of aromatic nitrogens is 2. The van der Waals surface area contributed by atoms with Gasteiger partial charge in [-0.2, -0.15) is 13.2 Å². The lowest BCUT2D eigenvalue weighted by molar-refractivity contribution is -0.154. The third-order valence-electron chi connectivity index (χ3n) is 3.60. The summed E-state index contributed by atoms with van der Waals surface area (Å²) < 4.78 is 41.1. The number of anilines is 1. The second-order valence-corrected chi connectivity index (χ2v) is 5.81. The van der Waals surface area contributed by atoms with E-state index in [0.29, 0.717) is 16.8 Å². The Morgan fingerprint density at radius 2 is 1.96 bits per heavy atom. The Morgan fingerprint density at radius 1 is 1.21 bits per heavy atom. The number of hydrogen-bond donors (Lipinski definition) is 2. The smallest absolute Gasteiger partial charge is 0.422 e. The Hall–Kier alpha value is -3.17. The van der Waals surface area contributed by atoms with Gasteiger partial charge in [0.15, 0.2) is 6.61 Å². The molecule has 150 valence electrons. The Balaban J connectivity index is 1.97. The molecule has 7 nitrogen and oxygen atoms in total. The van der Waals surface area contributed by atoms with Crippen molar-refractivity contribution in [3.63, 3.8) is 0 Å². The lowest BCUT2D eigenvalue weighted by atomic mass is 10.2. The summed E-state index contributed by atoms with van der Waals surface area (Å²) in [4.78, 5) is 31.6. The fourth-order valence-electron chi connectivity index (χ4n) is 2.14. The number of ether oxygens (including phenoxy) is 1. The molecule has 0 aliphatic carbocycles. The second-order valence-electron chi connectivity index (χ2n) is 5.81. The zero-order chi connectivity index (χ0) is 20.7. The van der Waals surface area contributed by atoms with Gasteiger partial charge < -0.3 is 15.4 Å². The van der Waals surface area contributed by atoms with Crippen LogP contribution in [0.5, 0.6) is 5.88 Å². The van der Waals surface area contributed by atoms with Crippen LogP contribution in [0.3, 0.4) is 0 Å². The van der Waals surface area contributed by atoms with Crippen molar-refractivity contribution < 1.29 is 27.5 Å². The van der Waals surface area contributed by atoms with Gasteiger partial charge in [0.25, 0.3) is 5.91 Å². The lowest BCUT2D eigenvalue weighted by Crippen LogP contribution is -2.24. The van der Waals surface area contributed by atoms with Crippen LogP contribution in [0.1, 0.15) is 35.0 Å². The van der Waals surface area contributed by atoms with E-state index in [2.05, 4.69) is 25.3 Å². The number of carbonyl (C=O) groups excluding carboxylic acids is 2. The third kappa shape index (κ3) is 6.53. The summed E-state index contributed by atoms with van der Waals surface area (Å²) in [5.41, 5.74) is 1.36. The van der Waals surface area contributed by atoms with Crippen molar-refractivity contribution in [2.24, 2.45) is 0 Å². The van der Waals surface area contributed by atoms with Gasteiger partial charge in [-0.3, -0.25) is 9.59 Å². The van der Waals surface area contributed by atoms with Crippen LogP contribution in [0.2, 0.25) is 0 Å². The molecule has 2 heterocycles. The van der Waals surface area contributed by atoms with Crippen LogP contribution in [0.25, 0.3) is 0 Å². The average Bonchev–Trinajstić information content (AvgIpc) is 2.65. The van der Waals surface area contributed by atoms with Gasteiger partial charge in [-0.05, 0) is 24.6 Å². The van der Waals surface area contributed by atoms with Gasteiger partial charge in [0.1, 0.15) is 5.82 Å². The summed E-state index contributed by atoms with van der Waals surface area (Å²) in [6, 6.07) is 5.79. The number of amides is 2. The van der Waals surface area contributed by atoms with E-state index in [-0.39, 0.29) is 30.6 Å². The van der Waals surface area contributed by atoms with E-state index < -0.39 is 18.7 Å². The molecular formula is C18H19F3N4O3. The van der Waals surface area contributed by atoms with Crippen molar-refractivity contribution in [3.05, 3.63) is 47.3 Å². The molecule has 0 atom stereocenters. The van der Waals surface area contributed by atoms with Crippen LogP contribution >= 0.6 is 0 Å². The number of halogens is 3. The maximum absolute atomic E-state index is 12.3. The SMILES string of the molecule is CCC(=O)Nc1cc(C(=O)NCc2ccc(OCC(F)(F)F)nc2C)ccn1. The minimum atomic E-state index is -4.44. The van der Waals surface area contributed by atoms with Gasteiger partial charge >= 0.3 is 6.18 Å². The number of aryl methyl sites for hydroxylation is 1. The molecule has 2 aromatic rings. The molecule has 0 fully saturated rings. The molecule has 2 aromatic heterocycles. The molecule has 2 amide bonds. The zero-order valence-corrected chi connectivity index (χ0v) is 15.3. The first-order valence-electron chi connectivity index (χ1n) is 8.38. The highest BCUT2D eigenvalue weighted by atomic mass is 19.4. The van der Waals surface area contributed by atoms with Crippen molar-refractivity contribution in [3.8, 4) is 5.88 Å². The van der Waals surface area contributed by atoms with Gasteiger partial charge in [0, 0.05) is 36.5 Å². The molecule has 0 aliphatic rings. The molecule has 2 N–H and O–H groups in total. The summed E-state index contributed by atoms with van der Waals surface area (Å²) >= 11 is 0. The molecule has 0 spiro atoms. The van der Waals surface area contributed by atoms with Crippen molar-refractivity contribution >= 4 is 17.6 Å². The minimum Gasteiger partial charge on any atom is -0.468 e. The number of nitrogens with one attached hydrogen (secondary N) is 2. The van der Waals surface area contributed by atoms with Crippen molar-refractivity contribution in [2.75, 3.05) is 11.9 Å².